The molecule has 2 unspecified atom stereocenters. The summed E-state index contributed by atoms with van der Waals surface area (Å²) >= 11 is 0. The van der Waals surface area contributed by atoms with Crippen molar-refractivity contribution in [2.75, 3.05) is 14.7 Å². The second-order valence-electron chi connectivity index (χ2n) is 13.4. The van der Waals surface area contributed by atoms with Crippen LogP contribution in [0.1, 0.15) is 55.4 Å². The number of nitrogens with zero attached hydrogens (tertiary/aromatic N) is 3. The second-order valence-corrected chi connectivity index (χ2v) is 13.4. The van der Waals surface area contributed by atoms with Gasteiger partial charge in [-0.05, 0) is 68.4 Å². The number of para-hydroxylation sites is 6. The van der Waals surface area contributed by atoms with E-state index < -0.39 is 0 Å². The molecular formula is C47H53B3N3. The van der Waals surface area contributed by atoms with Gasteiger partial charge in [0.2, 0.25) is 0 Å². The Morgan fingerprint density at radius 1 is 0.396 bits per heavy atom. The number of benzene rings is 6. The topological polar surface area (TPSA) is 9.72 Å². The molecule has 2 atom stereocenters. The number of rotatable bonds is 3. The van der Waals surface area contributed by atoms with E-state index in [1.165, 1.54) is 50.5 Å². The summed E-state index contributed by atoms with van der Waals surface area (Å²) in [6.07, 6.45) is 0. The highest BCUT2D eigenvalue weighted by Gasteiger charge is 2.37. The third-order valence-electron chi connectivity index (χ3n) is 9.39. The predicted molar refractivity (Wildman–Crippen MR) is 237 cm³/mol. The molecule has 9 rings (SSSR count). The van der Waals surface area contributed by atoms with Crippen LogP contribution in [0.25, 0.3) is 0 Å². The van der Waals surface area contributed by atoms with Gasteiger partial charge in [0, 0.05) is 51.4 Å². The summed E-state index contributed by atoms with van der Waals surface area (Å²) in [6, 6.07) is 57.3. The van der Waals surface area contributed by atoms with Crippen LogP contribution in [0.2, 0.25) is 0 Å². The van der Waals surface area contributed by atoms with Gasteiger partial charge in [-0.1, -0.05) is 167 Å². The van der Waals surface area contributed by atoms with Gasteiger partial charge in [0.05, 0.1) is 0 Å². The molecule has 3 aliphatic rings. The highest BCUT2D eigenvalue weighted by Crippen LogP contribution is 2.36. The number of hydrogen-bond acceptors (Lipinski definition) is 3. The standard InChI is InChI=1S/C15H15BN.2C14H13BN.2C2H6/c1-15(2)16-13-10-6-7-11-14(13)17(15)12-8-4-3-5-9-12;2*1-11-15-13-9-5-6-10-14(13)16(11)12-7-3-2-4-8-12;2*1-2/h3-11H,1-2H3;2*2-11H,1H3;2*1-2H3. The molecule has 0 fully saturated rings. The first-order valence-electron chi connectivity index (χ1n) is 19.3. The van der Waals surface area contributed by atoms with Crippen LogP contribution in [0.3, 0.4) is 0 Å². The van der Waals surface area contributed by atoms with Crippen molar-refractivity contribution >= 4 is 72.4 Å². The van der Waals surface area contributed by atoms with Gasteiger partial charge in [-0.2, -0.15) is 0 Å². The third kappa shape index (κ3) is 8.94. The van der Waals surface area contributed by atoms with Crippen LogP contribution in [0.4, 0.5) is 34.1 Å². The third-order valence-corrected chi connectivity index (χ3v) is 9.39. The lowest BCUT2D eigenvalue weighted by molar-refractivity contribution is 0.714. The van der Waals surface area contributed by atoms with E-state index in [1.54, 1.807) is 0 Å². The van der Waals surface area contributed by atoms with E-state index in [2.05, 4.69) is 228 Å². The molecule has 0 bridgehead atoms. The summed E-state index contributed by atoms with van der Waals surface area (Å²) in [5.74, 6) is 0.861. The zero-order chi connectivity index (χ0) is 37.8. The van der Waals surface area contributed by atoms with Gasteiger partial charge >= 0.3 is 0 Å². The molecule has 265 valence electrons. The molecule has 0 aromatic heterocycles. The van der Waals surface area contributed by atoms with E-state index >= 15 is 0 Å². The zero-order valence-corrected chi connectivity index (χ0v) is 32.8. The Morgan fingerprint density at radius 3 is 1.13 bits per heavy atom. The van der Waals surface area contributed by atoms with Gasteiger partial charge in [-0.15, -0.1) is 0 Å². The van der Waals surface area contributed by atoms with Crippen LogP contribution in [0.5, 0.6) is 0 Å². The normalized spacial score (nSPS) is 16.4. The molecule has 3 heterocycles. The molecule has 3 nitrogen and oxygen atoms in total. The van der Waals surface area contributed by atoms with Crippen LogP contribution in [0.15, 0.2) is 164 Å². The Kier molecular flexibility index (Phi) is 13.7. The van der Waals surface area contributed by atoms with Crippen molar-refractivity contribution in [2.24, 2.45) is 0 Å². The van der Waals surface area contributed by atoms with Crippen molar-refractivity contribution in [1.82, 2.24) is 0 Å². The largest absolute Gasteiger partial charge is 0.347 e. The van der Waals surface area contributed by atoms with E-state index in [0.717, 1.165) is 0 Å². The average Bonchev–Trinajstić information content (AvgIpc) is 3.83. The Labute approximate surface area is 322 Å². The van der Waals surface area contributed by atoms with Gasteiger partial charge in [-0.25, -0.2) is 0 Å². The monoisotopic (exact) mass is 692 g/mol. The van der Waals surface area contributed by atoms with Crippen molar-refractivity contribution in [2.45, 2.75) is 72.7 Å². The lowest BCUT2D eigenvalue weighted by Gasteiger charge is -2.34. The Hall–Kier alpha value is -5.09. The van der Waals surface area contributed by atoms with Gasteiger partial charge in [0.1, 0.15) is 0 Å². The van der Waals surface area contributed by atoms with E-state index in [1.807, 2.05) is 27.7 Å². The number of anilines is 6. The van der Waals surface area contributed by atoms with Crippen LogP contribution >= 0.6 is 0 Å². The quantitative estimate of drug-likeness (QED) is 0.171. The summed E-state index contributed by atoms with van der Waals surface area (Å²) in [4.78, 5) is 7.13. The maximum atomic E-state index is 2.39. The SMILES string of the molecule is CC.CC.CC1(C)[B]c2ccccc2N1c1ccccc1.CC1[B]c2ccccc2N1c1ccccc1.CC1[B]c2ccccc2N1c1ccccc1. The van der Waals surface area contributed by atoms with Gasteiger partial charge in [-0.3, -0.25) is 0 Å². The summed E-state index contributed by atoms with van der Waals surface area (Å²) in [5, 5.41) is 0. The number of hydrogen-bond donors (Lipinski definition) is 0. The molecule has 53 heavy (non-hydrogen) atoms. The molecule has 0 amide bonds. The maximum Gasteiger partial charge on any atom is 0.188 e. The first-order valence-corrected chi connectivity index (χ1v) is 19.3. The molecule has 0 saturated heterocycles. The van der Waals surface area contributed by atoms with E-state index in [0.29, 0.717) is 11.9 Å². The van der Waals surface area contributed by atoms with Gasteiger partial charge in [0.25, 0.3) is 0 Å². The lowest BCUT2D eigenvalue weighted by Crippen LogP contribution is -2.41. The fourth-order valence-corrected chi connectivity index (χ4v) is 7.35. The van der Waals surface area contributed by atoms with E-state index in [-0.39, 0.29) is 5.44 Å². The second kappa shape index (κ2) is 18.6. The lowest BCUT2D eigenvalue weighted by atomic mass is 9.58. The summed E-state index contributed by atoms with van der Waals surface area (Å²) in [5.41, 5.74) is 11.7. The minimum absolute atomic E-state index is 0.0328. The fourth-order valence-electron chi connectivity index (χ4n) is 7.35. The maximum absolute atomic E-state index is 2.39. The highest BCUT2D eigenvalue weighted by atomic mass is 15.2. The molecule has 3 aliphatic heterocycles. The van der Waals surface area contributed by atoms with Gasteiger partial charge < -0.3 is 14.7 Å². The number of fused-ring (bicyclic) bond motifs is 3. The van der Waals surface area contributed by atoms with Crippen molar-refractivity contribution in [1.29, 1.82) is 0 Å². The smallest absolute Gasteiger partial charge is 0.188 e. The average molecular weight is 692 g/mol. The Morgan fingerprint density at radius 2 is 0.717 bits per heavy atom. The molecule has 0 N–H and O–H groups in total. The first kappa shape index (κ1) is 39.1. The summed E-state index contributed by atoms with van der Waals surface area (Å²) < 4.78 is 0. The van der Waals surface area contributed by atoms with Crippen LogP contribution < -0.4 is 31.1 Å². The molecular weight excluding hydrogens is 639 g/mol. The Balaban J connectivity index is 0.000000146. The molecule has 6 aromatic rings. The molecule has 0 aliphatic carbocycles. The summed E-state index contributed by atoms with van der Waals surface area (Å²) in [7, 11) is 6.94. The highest BCUT2D eigenvalue weighted by molar-refractivity contribution is 6.62. The van der Waals surface area contributed by atoms with Crippen molar-refractivity contribution in [3.8, 4) is 0 Å². The van der Waals surface area contributed by atoms with Gasteiger partial charge in [0.15, 0.2) is 21.8 Å². The van der Waals surface area contributed by atoms with Crippen molar-refractivity contribution < 1.29 is 0 Å². The molecule has 3 radical (unpaired) electrons. The van der Waals surface area contributed by atoms with Crippen molar-refractivity contribution in [3.63, 3.8) is 0 Å². The zero-order valence-electron chi connectivity index (χ0n) is 32.8. The van der Waals surface area contributed by atoms with E-state index in [9.17, 15) is 0 Å². The van der Waals surface area contributed by atoms with E-state index in [4.69, 9.17) is 0 Å². The fraction of sp³-hybridized carbons (Fsp3) is 0.234. The summed E-state index contributed by atoms with van der Waals surface area (Å²) in [6.45, 7) is 17.0. The van der Waals surface area contributed by atoms with Crippen molar-refractivity contribution in [3.05, 3.63) is 164 Å². The predicted octanol–water partition coefficient (Wildman–Crippen LogP) is 9.98. The first-order chi connectivity index (χ1) is 25.9. The van der Waals surface area contributed by atoms with Crippen LogP contribution in [-0.4, -0.2) is 39.2 Å². The van der Waals surface area contributed by atoms with Crippen LogP contribution in [0, 0.1) is 0 Å². The molecule has 6 aromatic carbocycles. The molecule has 6 heteroatoms. The Bertz CT molecular complexity index is 1890. The minimum atomic E-state index is 0.0328. The molecule has 0 spiro atoms. The van der Waals surface area contributed by atoms with Crippen LogP contribution in [-0.2, 0) is 0 Å². The minimum Gasteiger partial charge on any atom is -0.347 e. The molecule has 0 saturated carbocycles.